The summed E-state index contributed by atoms with van der Waals surface area (Å²) in [4.78, 5) is 0. The normalized spacial score (nSPS) is 22.1. The summed E-state index contributed by atoms with van der Waals surface area (Å²) in [7, 11) is 0. The molecule has 1 aliphatic carbocycles. The van der Waals surface area contributed by atoms with Crippen molar-refractivity contribution in [1.29, 1.82) is 0 Å². The van der Waals surface area contributed by atoms with Gasteiger partial charge >= 0.3 is 0 Å². The summed E-state index contributed by atoms with van der Waals surface area (Å²) in [5.74, 6) is 0.682. The minimum absolute atomic E-state index is 0.141. The summed E-state index contributed by atoms with van der Waals surface area (Å²) in [6.45, 7) is 4.00. The van der Waals surface area contributed by atoms with Gasteiger partial charge in [0.1, 0.15) is 5.76 Å². The number of rotatable bonds is 2. The second-order valence-corrected chi connectivity index (χ2v) is 5.66. The molecule has 0 amide bonds. The van der Waals surface area contributed by atoms with Crippen molar-refractivity contribution >= 4 is 17.8 Å². The first-order valence-corrected chi connectivity index (χ1v) is 7.94. The number of aliphatic hydroxyl groups excluding tert-OH is 1. The number of H-pyrrole nitrogens is 1. The molecule has 1 heterocycles. The van der Waals surface area contributed by atoms with E-state index >= 15 is 0 Å². The van der Waals surface area contributed by atoms with Crippen LogP contribution in [-0.2, 0) is 0 Å². The summed E-state index contributed by atoms with van der Waals surface area (Å²) in [6, 6.07) is 9.67. The molecule has 0 spiro atoms. The molecule has 0 radical (unpaired) electrons. The van der Waals surface area contributed by atoms with Crippen LogP contribution in [0.2, 0.25) is 0 Å². The van der Waals surface area contributed by atoms with Crippen LogP contribution in [0.3, 0.4) is 0 Å². The van der Waals surface area contributed by atoms with Crippen LogP contribution < -0.4 is 0 Å². The van der Waals surface area contributed by atoms with Crippen molar-refractivity contribution in [3.05, 3.63) is 95.3 Å². The zero-order valence-electron chi connectivity index (χ0n) is 13.0. The summed E-state index contributed by atoms with van der Waals surface area (Å²) >= 11 is 5.37. The number of aromatic amines is 1. The fourth-order valence-electron chi connectivity index (χ4n) is 2.41. The van der Waals surface area contributed by atoms with Gasteiger partial charge in [0.2, 0.25) is 0 Å². The second-order valence-electron chi connectivity index (χ2n) is 5.27. The zero-order valence-corrected chi connectivity index (χ0v) is 13.8. The van der Waals surface area contributed by atoms with Crippen molar-refractivity contribution in [2.24, 2.45) is 0 Å². The molecule has 0 fully saturated rings. The molecule has 1 aromatic carbocycles. The summed E-state index contributed by atoms with van der Waals surface area (Å²) in [6.07, 6.45) is 11.8. The van der Waals surface area contributed by atoms with E-state index in [0.717, 1.165) is 11.3 Å². The van der Waals surface area contributed by atoms with Crippen LogP contribution in [0.4, 0.5) is 0 Å². The Bertz CT molecular complexity index is 927. The average Bonchev–Trinajstić information content (AvgIpc) is 2.97. The molecule has 0 unspecified atom stereocenters. The topological polar surface area (TPSA) is 53.8 Å². The predicted octanol–water partition coefficient (Wildman–Crippen LogP) is 4.83. The van der Waals surface area contributed by atoms with Crippen LogP contribution in [0.15, 0.2) is 84.7 Å². The number of hydrogen-bond acceptors (Lipinski definition) is 3. The highest BCUT2D eigenvalue weighted by Crippen LogP contribution is 2.25. The van der Waals surface area contributed by atoms with Crippen molar-refractivity contribution in [1.82, 2.24) is 14.8 Å². The average molecular weight is 335 g/mol. The Morgan fingerprint density at radius 1 is 1.21 bits per heavy atom. The third kappa shape index (κ3) is 3.36. The SMILES string of the molecule is C=C1/C=C\C=C/C/C=C(O)\C(c2n[nH]c(=S)n2-c2ccccc2)=C/1. The molecule has 0 bridgehead atoms. The molecule has 24 heavy (non-hydrogen) atoms. The number of benzene rings is 1. The van der Waals surface area contributed by atoms with Crippen molar-refractivity contribution in [2.45, 2.75) is 6.42 Å². The number of allylic oxidation sites excluding steroid dienone is 8. The van der Waals surface area contributed by atoms with Crippen LogP contribution in [0.1, 0.15) is 12.2 Å². The van der Waals surface area contributed by atoms with Gasteiger partial charge in [-0.3, -0.25) is 9.67 Å². The monoisotopic (exact) mass is 335 g/mol. The Morgan fingerprint density at radius 3 is 2.79 bits per heavy atom. The molecule has 0 atom stereocenters. The minimum atomic E-state index is 0.141. The lowest BCUT2D eigenvalue weighted by Crippen LogP contribution is -2.03. The van der Waals surface area contributed by atoms with E-state index in [1.54, 1.807) is 16.7 Å². The van der Waals surface area contributed by atoms with E-state index in [1.165, 1.54) is 0 Å². The van der Waals surface area contributed by atoms with Crippen LogP contribution in [0, 0.1) is 4.77 Å². The lowest BCUT2D eigenvalue weighted by atomic mass is 10.1. The fourth-order valence-corrected chi connectivity index (χ4v) is 2.64. The Balaban J connectivity index is 2.18. The highest BCUT2D eigenvalue weighted by Gasteiger charge is 2.16. The number of aromatic nitrogens is 3. The molecule has 5 heteroatoms. The highest BCUT2D eigenvalue weighted by atomic mass is 32.1. The molecule has 2 aromatic rings. The predicted molar refractivity (Wildman–Crippen MR) is 99.5 cm³/mol. The first-order chi connectivity index (χ1) is 11.7. The maximum absolute atomic E-state index is 10.5. The third-order valence-corrected chi connectivity index (χ3v) is 3.81. The number of aliphatic hydroxyl groups is 1. The Labute approximate surface area is 145 Å². The molecule has 2 N–H and O–H groups in total. The van der Waals surface area contributed by atoms with Crippen molar-refractivity contribution in [3.8, 4) is 5.69 Å². The van der Waals surface area contributed by atoms with Crippen LogP contribution >= 0.6 is 12.2 Å². The third-order valence-electron chi connectivity index (χ3n) is 3.54. The van der Waals surface area contributed by atoms with Gasteiger partial charge in [-0.25, -0.2) is 0 Å². The van der Waals surface area contributed by atoms with E-state index < -0.39 is 0 Å². The van der Waals surface area contributed by atoms with Gasteiger partial charge in [-0.05, 0) is 48.5 Å². The largest absolute Gasteiger partial charge is 0.508 e. The Kier molecular flexibility index (Phi) is 4.72. The van der Waals surface area contributed by atoms with Crippen LogP contribution in [0.25, 0.3) is 11.3 Å². The van der Waals surface area contributed by atoms with Gasteiger partial charge < -0.3 is 5.11 Å². The van der Waals surface area contributed by atoms with Crippen molar-refractivity contribution in [3.63, 3.8) is 0 Å². The van der Waals surface area contributed by atoms with E-state index in [0.29, 0.717) is 22.6 Å². The standard InChI is InChI=1S/C19H17N3OS/c1-14-9-5-2-3-8-12-17(23)16(13-14)18-20-21-19(24)22(18)15-10-6-4-7-11-15/h2-7,9-13,23H,1,8H2,(H,21,24)/b3-2-,9-5-,16-13+,17-12+. The first-order valence-electron chi connectivity index (χ1n) is 7.53. The first kappa shape index (κ1) is 16.0. The summed E-state index contributed by atoms with van der Waals surface area (Å²) < 4.78 is 2.26. The second kappa shape index (κ2) is 7.10. The fraction of sp³-hybridized carbons (Fsp3) is 0.0526. The zero-order chi connectivity index (χ0) is 16.9. The van der Waals surface area contributed by atoms with Gasteiger partial charge in [0, 0.05) is 5.69 Å². The van der Waals surface area contributed by atoms with Gasteiger partial charge in [0.05, 0.1) is 5.57 Å². The van der Waals surface area contributed by atoms with E-state index in [-0.39, 0.29) is 5.76 Å². The summed E-state index contributed by atoms with van der Waals surface area (Å²) in [5.41, 5.74) is 2.19. The van der Waals surface area contributed by atoms with Crippen molar-refractivity contribution in [2.75, 3.05) is 0 Å². The lowest BCUT2D eigenvalue weighted by molar-refractivity contribution is 0.435. The van der Waals surface area contributed by atoms with E-state index in [2.05, 4.69) is 16.8 Å². The Hall–Kier alpha value is -2.92. The Morgan fingerprint density at radius 2 is 2.00 bits per heavy atom. The van der Waals surface area contributed by atoms with E-state index in [9.17, 15) is 5.11 Å². The van der Waals surface area contributed by atoms with Gasteiger partial charge in [-0.2, -0.15) is 5.10 Å². The molecule has 3 rings (SSSR count). The lowest BCUT2D eigenvalue weighted by Gasteiger charge is -2.10. The molecule has 120 valence electrons. The quantitative estimate of drug-likeness (QED) is 0.773. The molecular weight excluding hydrogens is 318 g/mol. The smallest absolute Gasteiger partial charge is 0.200 e. The molecule has 1 aromatic heterocycles. The number of hydrogen-bond donors (Lipinski definition) is 2. The van der Waals surface area contributed by atoms with E-state index in [4.69, 9.17) is 12.2 Å². The number of nitrogens with zero attached hydrogens (tertiary/aromatic N) is 2. The van der Waals surface area contributed by atoms with Gasteiger partial charge in [0.15, 0.2) is 10.6 Å². The van der Waals surface area contributed by atoms with Gasteiger partial charge in [0.25, 0.3) is 0 Å². The molecule has 0 saturated carbocycles. The van der Waals surface area contributed by atoms with Gasteiger partial charge in [-0.15, -0.1) is 0 Å². The number of nitrogens with one attached hydrogen (secondary N) is 1. The van der Waals surface area contributed by atoms with Crippen molar-refractivity contribution < 1.29 is 5.11 Å². The van der Waals surface area contributed by atoms with Crippen LogP contribution in [-0.4, -0.2) is 19.9 Å². The minimum Gasteiger partial charge on any atom is -0.508 e. The van der Waals surface area contributed by atoms with Crippen LogP contribution in [0.5, 0.6) is 0 Å². The maximum Gasteiger partial charge on any atom is 0.200 e. The molecular formula is C19H17N3OS. The van der Waals surface area contributed by atoms with E-state index in [1.807, 2.05) is 54.6 Å². The molecule has 4 nitrogen and oxygen atoms in total. The molecule has 1 aliphatic rings. The molecule has 0 saturated heterocycles. The maximum atomic E-state index is 10.5. The van der Waals surface area contributed by atoms with Gasteiger partial charge in [-0.1, -0.05) is 49.1 Å². The molecule has 0 aliphatic heterocycles. The number of para-hydroxylation sites is 1. The highest BCUT2D eigenvalue weighted by molar-refractivity contribution is 7.71. The summed E-state index contributed by atoms with van der Waals surface area (Å²) in [5, 5.41) is 17.7.